The van der Waals surface area contributed by atoms with E-state index < -0.39 is 18.3 Å². The summed E-state index contributed by atoms with van der Waals surface area (Å²) in [5.74, 6) is 0. The largest absolute Gasteiger partial charge is 0.394 e. The highest BCUT2D eigenvalue weighted by Gasteiger charge is 2.34. The minimum atomic E-state index is -0.994. The maximum absolute atomic E-state index is 9.29. The molecule has 0 amide bonds. The molecule has 0 aromatic carbocycles. The topological polar surface area (TPSA) is 69.9 Å². The number of ether oxygens (including phenoxy) is 1. The first kappa shape index (κ1) is 9.67. The Morgan fingerprint density at radius 2 is 2.17 bits per heavy atom. The van der Waals surface area contributed by atoms with E-state index in [9.17, 15) is 10.2 Å². The molecule has 0 bridgehead atoms. The lowest BCUT2D eigenvalue weighted by Crippen LogP contribution is -2.49. The van der Waals surface area contributed by atoms with Crippen LogP contribution in [0.2, 0.25) is 0 Å². The molecule has 12 heavy (non-hydrogen) atoms. The molecule has 0 aromatic rings. The summed E-state index contributed by atoms with van der Waals surface area (Å²) < 4.78 is 5.19. The first-order valence-corrected chi connectivity index (χ1v) is 3.94. The number of aliphatic hydroxyl groups excluding tert-OH is 3. The van der Waals surface area contributed by atoms with Crippen molar-refractivity contribution in [3.63, 3.8) is 0 Å². The molecule has 1 saturated heterocycles. The van der Waals surface area contributed by atoms with Gasteiger partial charge in [-0.3, -0.25) is 0 Å². The van der Waals surface area contributed by atoms with Crippen LogP contribution in [0.4, 0.5) is 0 Å². The molecule has 4 atom stereocenters. The molecule has 70 valence electrons. The van der Waals surface area contributed by atoms with Crippen LogP contribution in [0.1, 0.15) is 6.42 Å². The second-order valence-electron chi connectivity index (χ2n) is 2.92. The Morgan fingerprint density at radius 3 is 2.67 bits per heavy atom. The van der Waals surface area contributed by atoms with E-state index in [2.05, 4.69) is 6.58 Å². The molecule has 1 heterocycles. The first-order valence-electron chi connectivity index (χ1n) is 3.94. The van der Waals surface area contributed by atoms with Crippen molar-refractivity contribution in [2.24, 2.45) is 0 Å². The van der Waals surface area contributed by atoms with Gasteiger partial charge in [0, 0.05) is 6.42 Å². The minimum Gasteiger partial charge on any atom is -0.394 e. The van der Waals surface area contributed by atoms with Gasteiger partial charge >= 0.3 is 0 Å². The summed E-state index contributed by atoms with van der Waals surface area (Å²) in [5.41, 5.74) is 0. The van der Waals surface area contributed by atoms with Gasteiger partial charge in [0.25, 0.3) is 0 Å². The second kappa shape index (κ2) is 4.00. The van der Waals surface area contributed by atoms with E-state index in [0.29, 0.717) is 6.42 Å². The molecule has 4 nitrogen and oxygen atoms in total. The third-order valence-corrected chi connectivity index (χ3v) is 2.04. The van der Waals surface area contributed by atoms with Crippen LogP contribution in [0.25, 0.3) is 0 Å². The number of aliphatic hydroxyl groups is 3. The second-order valence-corrected chi connectivity index (χ2v) is 2.92. The molecule has 0 saturated carbocycles. The van der Waals surface area contributed by atoms with Gasteiger partial charge < -0.3 is 20.1 Å². The SMILES string of the molecule is C=C[C@@H]1C[C@@H](O)[C@@H](O)[C@@H](CO)O1. The molecule has 0 aliphatic carbocycles. The lowest BCUT2D eigenvalue weighted by Gasteiger charge is -2.34. The van der Waals surface area contributed by atoms with E-state index in [-0.39, 0.29) is 12.7 Å². The molecule has 4 heteroatoms. The van der Waals surface area contributed by atoms with Crippen molar-refractivity contribution < 1.29 is 20.1 Å². The highest BCUT2D eigenvalue weighted by atomic mass is 16.5. The van der Waals surface area contributed by atoms with Gasteiger partial charge in [-0.1, -0.05) is 6.08 Å². The first-order chi connectivity index (χ1) is 5.69. The van der Waals surface area contributed by atoms with Crippen molar-refractivity contribution in [3.05, 3.63) is 12.7 Å². The Morgan fingerprint density at radius 1 is 1.50 bits per heavy atom. The fourth-order valence-corrected chi connectivity index (χ4v) is 1.29. The smallest absolute Gasteiger partial charge is 0.110 e. The summed E-state index contributed by atoms with van der Waals surface area (Å²) in [6.45, 7) is 3.22. The standard InChI is InChI=1S/C8H14O4/c1-2-5-3-6(10)8(11)7(4-9)12-5/h2,5-11H,1,3-4H2/t5-,6-,7-,8-/m1/s1. The number of rotatable bonds is 2. The average Bonchev–Trinajstić information content (AvgIpc) is 2.09. The number of hydrogen-bond donors (Lipinski definition) is 3. The summed E-state index contributed by atoms with van der Waals surface area (Å²) in [4.78, 5) is 0. The van der Waals surface area contributed by atoms with E-state index >= 15 is 0 Å². The fraction of sp³-hybridized carbons (Fsp3) is 0.750. The highest BCUT2D eigenvalue weighted by Crippen LogP contribution is 2.20. The van der Waals surface area contributed by atoms with Crippen molar-refractivity contribution in [2.75, 3.05) is 6.61 Å². The third-order valence-electron chi connectivity index (χ3n) is 2.04. The van der Waals surface area contributed by atoms with Gasteiger partial charge in [0.2, 0.25) is 0 Å². The summed E-state index contributed by atoms with van der Waals surface area (Å²) in [6, 6.07) is 0. The zero-order valence-electron chi connectivity index (χ0n) is 6.76. The molecule has 1 rings (SSSR count). The van der Waals surface area contributed by atoms with Gasteiger partial charge in [0.15, 0.2) is 0 Å². The van der Waals surface area contributed by atoms with Crippen LogP contribution in [-0.4, -0.2) is 46.3 Å². The van der Waals surface area contributed by atoms with Crippen LogP contribution in [-0.2, 0) is 4.74 Å². The lowest BCUT2D eigenvalue weighted by atomic mass is 9.98. The highest BCUT2D eigenvalue weighted by molar-refractivity contribution is 4.92. The van der Waals surface area contributed by atoms with Crippen LogP contribution >= 0.6 is 0 Å². The lowest BCUT2D eigenvalue weighted by molar-refractivity contribution is -0.167. The molecular weight excluding hydrogens is 160 g/mol. The summed E-state index contributed by atoms with van der Waals surface area (Å²) in [5, 5.41) is 27.3. The van der Waals surface area contributed by atoms with Gasteiger partial charge in [-0.05, 0) is 0 Å². The van der Waals surface area contributed by atoms with Gasteiger partial charge in [0.1, 0.15) is 12.2 Å². The molecule has 1 fully saturated rings. The Labute approximate surface area is 71.1 Å². The van der Waals surface area contributed by atoms with Gasteiger partial charge in [-0.25, -0.2) is 0 Å². The zero-order valence-corrected chi connectivity index (χ0v) is 6.76. The maximum Gasteiger partial charge on any atom is 0.110 e. The summed E-state index contributed by atoms with van der Waals surface area (Å²) >= 11 is 0. The van der Waals surface area contributed by atoms with E-state index in [0.717, 1.165) is 0 Å². The van der Waals surface area contributed by atoms with Crippen LogP contribution in [0.15, 0.2) is 12.7 Å². The normalized spacial score (nSPS) is 42.6. The van der Waals surface area contributed by atoms with Crippen molar-refractivity contribution in [1.29, 1.82) is 0 Å². The van der Waals surface area contributed by atoms with Crippen LogP contribution in [0, 0.1) is 0 Å². The molecule has 0 unspecified atom stereocenters. The molecule has 0 spiro atoms. The van der Waals surface area contributed by atoms with E-state index in [1.54, 1.807) is 6.08 Å². The number of hydrogen-bond acceptors (Lipinski definition) is 4. The van der Waals surface area contributed by atoms with Crippen molar-refractivity contribution >= 4 is 0 Å². The van der Waals surface area contributed by atoms with Crippen LogP contribution < -0.4 is 0 Å². The Balaban J connectivity index is 2.57. The van der Waals surface area contributed by atoms with Gasteiger partial charge in [0.05, 0.1) is 18.8 Å². The maximum atomic E-state index is 9.29. The fourth-order valence-electron chi connectivity index (χ4n) is 1.29. The zero-order chi connectivity index (χ0) is 9.14. The van der Waals surface area contributed by atoms with E-state index in [1.165, 1.54) is 0 Å². The predicted octanol–water partition coefficient (Wildman–Crippen LogP) is -0.956. The minimum absolute atomic E-state index is 0.277. The average molecular weight is 174 g/mol. The predicted molar refractivity (Wildman–Crippen MR) is 42.6 cm³/mol. The van der Waals surface area contributed by atoms with Gasteiger partial charge in [-0.15, -0.1) is 6.58 Å². The van der Waals surface area contributed by atoms with Crippen molar-refractivity contribution in [1.82, 2.24) is 0 Å². The molecule has 3 N–H and O–H groups in total. The van der Waals surface area contributed by atoms with Gasteiger partial charge in [-0.2, -0.15) is 0 Å². The Hall–Kier alpha value is -0.420. The molecular formula is C8H14O4. The summed E-state index contributed by atoms with van der Waals surface area (Å²) in [7, 11) is 0. The van der Waals surface area contributed by atoms with Crippen LogP contribution in [0.5, 0.6) is 0 Å². The molecule has 0 radical (unpaired) electrons. The van der Waals surface area contributed by atoms with Crippen LogP contribution in [0.3, 0.4) is 0 Å². The van der Waals surface area contributed by atoms with E-state index in [4.69, 9.17) is 9.84 Å². The van der Waals surface area contributed by atoms with E-state index in [1.807, 2.05) is 0 Å². The molecule has 1 aliphatic heterocycles. The molecule has 1 aliphatic rings. The van der Waals surface area contributed by atoms with Crippen molar-refractivity contribution in [3.8, 4) is 0 Å². The third kappa shape index (κ3) is 1.84. The Kier molecular flexibility index (Phi) is 3.22. The Bertz CT molecular complexity index is 159. The van der Waals surface area contributed by atoms with Crippen molar-refractivity contribution in [2.45, 2.75) is 30.8 Å². The monoisotopic (exact) mass is 174 g/mol. The summed E-state index contributed by atoms with van der Waals surface area (Å²) in [6.07, 6.45) is -0.916. The molecule has 0 aromatic heterocycles. The quantitative estimate of drug-likeness (QED) is 0.472.